The molecule has 0 bridgehead atoms. The first-order valence-corrected chi connectivity index (χ1v) is 4.49. The predicted octanol–water partition coefficient (Wildman–Crippen LogP) is 2.33. The second kappa shape index (κ2) is 3.61. The van der Waals surface area contributed by atoms with E-state index in [9.17, 15) is 0 Å². The lowest BCUT2D eigenvalue weighted by Gasteiger charge is -1.96. The van der Waals surface area contributed by atoms with Crippen molar-refractivity contribution in [3.05, 3.63) is 22.8 Å². The first-order valence-electron chi connectivity index (χ1n) is 2.88. The third-order valence-corrected chi connectivity index (χ3v) is 2.09. The quantitative estimate of drug-likeness (QED) is 0.629. The Morgan fingerprint density at radius 2 is 2.36 bits per heavy atom. The first-order chi connectivity index (χ1) is 5.27. The zero-order chi connectivity index (χ0) is 8.27. The lowest BCUT2D eigenvalue weighted by Crippen LogP contribution is -1.85. The van der Waals surface area contributed by atoms with Crippen molar-refractivity contribution in [2.24, 2.45) is 0 Å². The predicted molar refractivity (Wildman–Crippen MR) is 45.7 cm³/mol. The second-order valence-electron chi connectivity index (χ2n) is 1.80. The molecule has 0 unspecified atom stereocenters. The maximum absolute atomic E-state index is 8.53. The fraction of sp³-hybridized carbons (Fsp3) is 0.143. The van der Waals surface area contributed by atoms with Crippen LogP contribution >= 0.6 is 23.4 Å². The van der Waals surface area contributed by atoms with E-state index >= 15 is 0 Å². The minimum atomic E-state index is 0.290. The van der Waals surface area contributed by atoms with Crippen LogP contribution in [0.2, 0.25) is 5.02 Å². The summed E-state index contributed by atoms with van der Waals surface area (Å²) in [6, 6.07) is 5.38. The molecular formula is C7H5ClN2S. The standard InChI is InChI=1S/C7H5ClN2S/c1-11-7-3-2-5(8)6(4-9)10-7/h2-3H,1H3. The molecule has 0 aliphatic heterocycles. The number of nitriles is 1. The number of hydrogen-bond acceptors (Lipinski definition) is 3. The van der Waals surface area contributed by atoms with Gasteiger partial charge in [0, 0.05) is 0 Å². The normalized spacial score (nSPS) is 9.18. The van der Waals surface area contributed by atoms with Crippen LogP contribution in [0.1, 0.15) is 5.69 Å². The van der Waals surface area contributed by atoms with Gasteiger partial charge in [0.2, 0.25) is 0 Å². The van der Waals surface area contributed by atoms with E-state index in [1.165, 1.54) is 11.8 Å². The summed E-state index contributed by atoms with van der Waals surface area (Å²) < 4.78 is 0. The summed E-state index contributed by atoms with van der Waals surface area (Å²) in [6.07, 6.45) is 1.90. The first kappa shape index (κ1) is 8.38. The van der Waals surface area contributed by atoms with Crippen LogP contribution in [0.15, 0.2) is 17.2 Å². The number of pyridine rings is 1. The molecule has 0 N–H and O–H groups in total. The molecular weight excluding hydrogens is 180 g/mol. The van der Waals surface area contributed by atoms with E-state index in [0.29, 0.717) is 10.7 Å². The van der Waals surface area contributed by atoms with Crippen LogP contribution in [0.4, 0.5) is 0 Å². The molecule has 0 spiro atoms. The smallest absolute Gasteiger partial charge is 0.160 e. The van der Waals surface area contributed by atoms with Crippen molar-refractivity contribution in [1.82, 2.24) is 4.98 Å². The van der Waals surface area contributed by atoms with Gasteiger partial charge in [-0.05, 0) is 18.4 Å². The SMILES string of the molecule is CSc1ccc(Cl)c(C#N)n1. The van der Waals surface area contributed by atoms with Crippen LogP contribution in [-0.2, 0) is 0 Å². The van der Waals surface area contributed by atoms with Gasteiger partial charge in [-0.3, -0.25) is 0 Å². The number of nitrogens with zero attached hydrogens (tertiary/aromatic N) is 2. The fourth-order valence-corrected chi connectivity index (χ4v) is 1.15. The molecule has 0 saturated carbocycles. The molecule has 4 heteroatoms. The topological polar surface area (TPSA) is 36.7 Å². The van der Waals surface area contributed by atoms with E-state index < -0.39 is 0 Å². The van der Waals surface area contributed by atoms with Gasteiger partial charge in [0.15, 0.2) is 5.69 Å². The van der Waals surface area contributed by atoms with Crippen molar-refractivity contribution >= 4 is 23.4 Å². The van der Waals surface area contributed by atoms with Crippen LogP contribution in [-0.4, -0.2) is 11.2 Å². The highest BCUT2D eigenvalue weighted by Gasteiger charge is 2.00. The Morgan fingerprint density at radius 3 is 2.91 bits per heavy atom. The molecule has 0 amide bonds. The second-order valence-corrected chi connectivity index (χ2v) is 3.03. The van der Waals surface area contributed by atoms with E-state index in [-0.39, 0.29) is 0 Å². The lowest BCUT2D eigenvalue weighted by molar-refractivity contribution is 1.11. The molecule has 0 fully saturated rings. The number of hydrogen-bond donors (Lipinski definition) is 0. The van der Waals surface area contributed by atoms with Crippen molar-refractivity contribution < 1.29 is 0 Å². The Hall–Kier alpha value is -0.720. The number of rotatable bonds is 1. The van der Waals surface area contributed by atoms with Gasteiger partial charge < -0.3 is 0 Å². The zero-order valence-corrected chi connectivity index (χ0v) is 7.41. The van der Waals surface area contributed by atoms with Gasteiger partial charge in [-0.25, -0.2) is 4.98 Å². The van der Waals surface area contributed by atoms with Crippen molar-refractivity contribution in [3.63, 3.8) is 0 Å². The van der Waals surface area contributed by atoms with E-state index in [1.54, 1.807) is 12.1 Å². The van der Waals surface area contributed by atoms with Crippen molar-refractivity contribution in [1.29, 1.82) is 5.26 Å². The summed E-state index contributed by atoms with van der Waals surface area (Å²) in [7, 11) is 0. The monoisotopic (exact) mass is 184 g/mol. The molecule has 2 nitrogen and oxygen atoms in total. The maximum atomic E-state index is 8.53. The average molecular weight is 185 g/mol. The lowest BCUT2D eigenvalue weighted by atomic mass is 10.4. The van der Waals surface area contributed by atoms with E-state index in [4.69, 9.17) is 16.9 Å². The van der Waals surface area contributed by atoms with Crippen molar-refractivity contribution in [2.75, 3.05) is 6.26 Å². The fourth-order valence-electron chi connectivity index (χ4n) is 0.616. The molecule has 1 aromatic heterocycles. The Balaban J connectivity index is 3.15. The molecule has 56 valence electrons. The molecule has 0 aliphatic carbocycles. The van der Waals surface area contributed by atoms with Gasteiger partial charge in [-0.1, -0.05) is 11.6 Å². The Morgan fingerprint density at radius 1 is 1.64 bits per heavy atom. The summed E-state index contributed by atoms with van der Waals surface area (Å²) in [4.78, 5) is 3.98. The van der Waals surface area contributed by atoms with Gasteiger partial charge in [0.05, 0.1) is 10.0 Å². The van der Waals surface area contributed by atoms with Gasteiger partial charge in [0.1, 0.15) is 6.07 Å². The molecule has 1 aromatic rings. The summed E-state index contributed by atoms with van der Waals surface area (Å²) >= 11 is 7.15. The van der Waals surface area contributed by atoms with Crippen LogP contribution in [0, 0.1) is 11.3 Å². The van der Waals surface area contributed by atoms with Crippen LogP contribution in [0.5, 0.6) is 0 Å². The third-order valence-electron chi connectivity index (χ3n) is 1.14. The average Bonchev–Trinajstić information content (AvgIpc) is 2.05. The molecule has 11 heavy (non-hydrogen) atoms. The van der Waals surface area contributed by atoms with E-state index in [2.05, 4.69) is 4.98 Å². The van der Waals surface area contributed by atoms with Crippen LogP contribution < -0.4 is 0 Å². The van der Waals surface area contributed by atoms with Crippen molar-refractivity contribution in [3.8, 4) is 6.07 Å². The van der Waals surface area contributed by atoms with E-state index in [1.807, 2.05) is 12.3 Å². The molecule has 0 aromatic carbocycles. The summed E-state index contributed by atoms with van der Waals surface area (Å²) in [6.45, 7) is 0. The maximum Gasteiger partial charge on any atom is 0.160 e. The highest BCUT2D eigenvalue weighted by Crippen LogP contribution is 2.17. The molecule has 0 aliphatic rings. The number of halogens is 1. The van der Waals surface area contributed by atoms with Gasteiger partial charge in [0.25, 0.3) is 0 Å². The van der Waals surface area contributed by atoms with E-state index in [0.717, 1.165) is 5.03 Å². The minimum absolute atomic E-state index is 0.290. The third kappa shape index (κ3) is 1.86. The molecule has 0 radical (unpaired) electrons. The summed E-state index contributed by atoms with van der Waals surface area (Å²) in [5.74, 6) is 0. The highest BCUT2D eigenvalue weighted by atomic mass is 35.5. The Kier molecular flexibility index (Phi) is 2.75. The van der Waals surface area contributed by atoms with Crippen LogP contribution in [0.25, 0.3) is 0 Å². The summed E-state index contributed by atoms with van der Waals surface area (Å²) in [5, 5.41) is 9.75. The molecule has 1 rings (SSSR count). The van der Waals surface area contributed by atoms with Gasteiger partial charge in [-0.2, -0.15) is 5.26 Å². The zero-order valence-electron chi connectivity index (χ0n) is 5.84. The number of thioether (sulfide) groups is 1. The summed E-state index contributed by atoms with van der Waals surface area (Å²) in [5.41, 5.74) is 0.290. The highest BCUT2D eigenvalue weighted by molar-refractivity contribution is 7.98. The molecule has 1 heterocycles. The molecule has 0 atom stereocenters. The molecule has 0 saturated heterocycles. The van der Waals surface area contributed by atoms with Gasteiger partial charge >= 0.3 is 0 Å². The minimum Gasteiger partial charge on any atom is -0.229 e. The Labute approximate surface area is 74.2 Å². The largest absolute Gasteiger partial charge is 0.229 e. The Bertz CT molecular complexity index is 306. The van der Waals surface area contributed by atoms with Crippen LogP contribution in [0.3, 0.4) is 0 Å². The van der Waals surface area contributed by atoms with Crippen molar-refractivity contribution in [2.45, 2.75) is 5.03 Å². The number of aromatic nitrogens is 1. The van der Waals surface area contributed by atoms with Gasteiger partial charge in [-0.15, -0.1) is 11.8 Å².